The molecule has 25 heavy (non-hydrogen) atoms. The molecule has 0 heterocycles. The number of esters is 1. The molecule has 5 heteroatoms. The molecule has 0 spiro atoms. The van der Waals surface area contributed by atoms with E-state index in [1.165, 1.54) is 7.11 Å². The van der Waals surface area contributed by atoms with Gasteiger partial charge in [0.25, 0.3) is 0 Å². The summed E-state index contributed by atoms with van der Waals surface area (Å²) in [5.74, 6) is -0.689. The maximum atomic E-state index is 12.4. The number of carbonyl (C=O) groups is 2. The van der Waals surface area contributed by atoms with E-state index >= 15 is 0 Å². The number of hydrogen-bond donors (Lipinski definition) is 1. The summed E-state index contributed by atoms with van der Waals surface area (Å²) >= 11 is 0. The number of methoxy groups -OCH3 is 1. The molecule has 1 aromatic carbocycles. The largest absolute Gasteiger partial charge is 0.454 e. The van der Waals surface area contributed by atoms with Crippen LogP contribution in [0.15, 0.2) is 30.3 Å². The monoisotopic (exact) mass is 349 g/mol. The number of ether oxygens (including phenoxy) is 2. The minimum absolute atomic E-state index is 0.124. The van der Waals surface area contributed by atoms with Crippen LogP contribution in [0.4, 0.5) is 0 Å². The van der Waals surface area contributed by atoms with Crippen LogP contribution in [-0.4, -0.2) is 31.3 Å². The Morgan fingerprint density at radius 2 is 1.76 bits per heavy atom. The normalized spacial score (nSPS) is 13.3. The van der Waals surface area contributed by atoms with E-state index in [0.717, 1.165) is 25.7 Å². The highest BCUT2D eigenvalue weighted by molar-refractivity contribution is 5.89. The molecule has 1 rings (SSSR count). The van der Waals surface area contributed by atoms with Gasteiger partial charge in [-0.05, 0) is 25.0 Å². The summed E-state index contributed by atoms with van der Waals surface area (Å²) in [5, 5.41) is 2.83. The minimum atomic E-state index is -0.649. The van der Waals surface area contributed by atoms with Crippen LogP contribution in [0.2, 0.25) is 0 Å². The predicted octanol–water partition coefficient (Wildman–Crippen LogP) is 3.93. The fourth-order valence-electron chi connectivity index (χ4n) is 2.43. The van der Waals surface area contributed by atoms with Crippen molar-refractivity contribution >= 4 is 11.9 Å². The van der Waals surface area contributed by atoms with E-state index in [1.54, 1.807) is 24.3 Å². The smallest absolute Gasteiger partial charge is 0.338 e. The van der Waals surface area contributed by atoms with Crippen LogP contribution in [0, 0.1) is 5.92 Å². The summed E-state index contributed by atoms with van der Waals surface area (Å²) in [6.07, 6.45) is 3.72. The van der Waals surface area contributed by atoms with E-state index in [2.05, 4.69) is 12.2 Å². The molecule has 0 bridgehead atoms. The molecule has 1 aromatic rings. The van der Waals surface area contributed by atoms with E-state index in [-0.39, 0.29) is 11.8 Å². The molecular formula is C20H31NO4. The molecule has 0 aliphatic carbocycles. The summed E-state index contributed by atoms with van der Waals surface area (Å²) in [6.45, 7) is 5.77. The number of rotatable bonds is 11. The van der Waals surface area contributed by atoms with Crippen molar-refractivity contribution in [3.63, 3.8) is 0 Å². The van der Waals surface area contributed by atoms with Crippen LogP contribution >= 0.6 is 0 Å². The van der Waals surface area contributed by atoms with Gasteiger partial charge in [-0.15, -0.1) is 0 Å². The number of benzene rings is 1. The van der Waals surface area contributed by atoms with Crippen molar-refractivity contribution in [3.8, 4) is 0 Å². The van der Waals surface area contributed by atoms with Crippen molar-refractivity contribution in [1.29, 1.82) is 0 Å². The molecule has 2 atom stereocenters. The average molecular weight is 349 g/mol. The highest BCUT2D eigenvalue weighted by atomic mass is 16.6. The number of nitrogens with one attached hydrogen (secondary N) is 1. The van der Waals surface area contributed by atoms with Crippen LogP contribution in [0.3, 0.4) is 0 Å². The first kappa shape index (κ1) is 21.2. The lowest BCUT2D eigenvalue weighted by Crippen LogP contribution is -2.47. The summed E-state index contributed by atoms with van der Waals surface area (Å²) in [4.78, 5) is 24.4. The lowest BCUT2D eigenvalue weighted by Gasteiger charge is -2.27. The summed E-state index contributed by atoms with van der Waals surface area (Å²) in [5.41, 5.74) is 0.492. The van der Waals surface area contributed by atoms with Crippen molar-refractivity contribution < 1.29 is 19.1 Å². The summed E-state index contributed by atoms with van der Waals surface area (Å²) in [7, 11) is 1.51. The predicted molar refractivity (Wildman–Crippen MR) is 98.2 cm³/mol. The first-order chi connectivity index (χ1) is 12.0. The number of amides is 1. The Morgan fingerprint density at radius 3 is 2.32 bits per heavy atom. The molecule has 0 fully saturated rings. The average Bonchev–Trinajstić information content (AvgIpc) is 2.62. The third-order valence-electron chi connectivity index (χ3n) is 4.01. The molecule has 1 N–H and O–H groups in total. The Morgan fingerprint density at radius 1 is 1.08 bits per heavy atom. The van der Waals surface area contributed by atoms with E-state index in [0.29, 0.717) is 12.0 Å². The second kappa shape index (κ2) is 11.6. The fraction of sp³-hybridized carbons (Fsp3) is 0.600. The van der Waals surface area contributed by atoms with E-state index in [9.17, 15) is 9.59 Å². The highest BCUT2D eigenvalue weighted by Crippen LogP contribution is 2.15. The lowest BCUT2D eigenvalue weighted by atomic mass is 10.1. The van der Waals surface area contributed by atoms with E-state index in [4.69, 9.17) is 9.47 Å². The van der Waals surface area contributed by atoms with Crippen LogP contribution in [0.1, 0.15) is 63.2 Å². The summed E-state index contributed by atoms with van der Waals surface area (Å²) < 4.78 is 11.1. The van der Waals surface area contributed by atoms with E-state index in [1.807, 2.05) is 19.9 Å². The van der Waals surface area contributed by atoms with E-state index < -0.39 is 18.3 Å². The molecule has 0 saturated carbocycles. The van der Waals surface area contributed by atoms with Gasteiger partial charge in [0.05, 0.1) is 5.56 Å². The molecule has 0 aliphatic rings. The first-order valence-electron chi connectivity index (χ1n) is 9.08. The van der Waals surface area contributed by atoms with Gasteiger partial charge in [0.1, 0.15) is 6.10 Å². The number of hydrogen-bond acceptors (Lipinski definition) is 4. The molecule has 0 radical (unpaired) electrons. The molecule has 140 valence electrons. The minimum Gasteiger partial charge on any atom is -0.454 e. The zero-order valence-electron chi connectivity index (χ0n) is 15.8. The second-order valence-electron chi connectivity index (χ2n) is 6.48. The van der Waals surface area contributed by atoms with Crippen LogP contribution in [0.25, 0.3) is 0 Å². The molecule has 0 aromatic heterocycles. The topological polar surface area (TPSA) is 64.6 Å². The molecule has 0 saturated heterocycles. The SMILES string of the molecule is CCCCCCC(OC(=O)c1ccccc1)C(NC(=O)C(C)C)OC. The van der Waals surface area contributed by atoms with Gasteiger partial charge in [-0.1, -0.05) is 58.2 Å². The van der Waals surface area contributed by atoms with Crippen molar-refractivity contribution in [2.75, 3.05) is 7.11 Å². The second-order valence-corrected chi connectivity index (χ2v) is 6.48. The van der Waals surface area contributed by atoms with Crippen molar-refractivity contribution in [3.05, 3.63) is 35.9 Å². The van der Waals surface area contributed by atoms with Gasteiger partial charge >= 0.3 is 5.97 Å². The highest BCUT2D eigenvalue weighted by Gasteiger charge is 2.27. The number of unbranched alkanes of at least 4 members (excludes halogenated alkanes) is 3. The van der Waals surface area contributed by atoms with Gasteiger partial charge in [0, 0.05) is 13.0 Å². The maximum Gasteiger partial charge on any atom is 0.338 e. The Hall–Kier alpha value is -1.88. The zero-order chi connectivity index (χ0) is 18.7. The molecule has 0 aliphatic heterocycles. The van der Waals surface area contributed by atoms with Gasteiger partial charge in [0.15, 0.2) is 6.23 Å². The first-order valence-corrected chi connectivity index (χ1v) is 9.08. The summed E-state index contributed by atoms with van der Waals surface area (Å²) in [6, 6.07) is 8.86. The number of carbonyl (C=O) groups excluding carboxylic acids is 2. The van der Waals surface area contributed by atoms with Gasteiger partial charge in [-0.2, -0.15) is 0 Å². The van der Waals surface area contributed by atoms with Crippen molar-refractivity contribution in [1.82, 2.24) is 5.32 Å². The standard InChI is InChI=1S/C20H31NO4/c1-5-6-7-11-14-17(19(24-4)21-18(22)15(2)3)25-20(23)16-12-9-8-10-13-16/h8-10,12-13,15,17,19H,5-7,11,14H2,1-4H3,(H,21,22). The quantitative estimate of drug-likeness (QED) is 0.373. The van der Waals surface area contributed by atoms with Gasteiger partial charge < -0.3 is 14.8 Å². The zero-order valence-corrected chi connectivity index (χ0v) is 15.8. The van der Waals surface area contributed by atoms with Crippen molar-refractivity contribution in [2.45, 2.75) is 65.2 Å². The van der Waals surface area contributed by atoms with Gasteiger partial charge in [-0.25, -0.2) is 4.79 Å². The lowest BCUT2D eigenvalue weighted by molar-refractivity contribution is -0.132. The maximum absolute atomic E-state index is 12.4. The molecule has 1 amide bonds. The molecule has 5 nitrogen and oxygen atoms in total. The fourth-order valence-corrected chi connectivity index (χ4v) is 2.43. The Labute approximate surface area is 151 Å². The van der Waals surface area contributed by atoms with Crippen LogP contribution in [0.5, 0.6) is 0 Å². The molecule has 2 unspecified atom stereocenters. The van der Waals surface area contributed by atoms with Gasteiger partial charge in [-0.3, -0.25) is 4.79 Å². The third kappa shape index (κ3) is 7.69. The Kier molecular flexibility index (Phi) is 9.85. The third-order valence-corrected chi connectivity index (χ3v) is 4.01. The Balaban J connectivity index is 2.78. The van der Waals surface area contributed by atoms with Crippen molar-refractivity contribution in [2.24, 2.45) is 5.92 Å². The van der Waals surface area contributed by atoms with Crippen LogP contribution < -0.4 is 5.32 Å². The van der Waals surface area contributed by atoms with Gasteiger partial charge in [0.2, 0.25) is 5.91 Å². The molecular weight excluding hydrogens is 318 g/mol. The Bertz CT molecular complexity index is 516. The van der Waals surface area contributed by atoms with Crippen LogP contribution in [-0.2, 0) is 14.3 Å².